The van der Waals surface area contributed by atoms with Crippen molar-refractivity contribution in [1.82, 2.24) is 0 Å². The van der Waals surface area contributed by atoms with Crippen molar-refractivity contribution in [2.45, 2.75) is 13.3 Å². The Morgan fingerprint density at radius 3 is 2.75 bits per heavy atom. The summed E-state index contributed by atoms with van der Waals surface area (Å²) in [6.07, 6.45) is 0.813. The van der Waals surface area contributed by atoms with Crippen molar-refractivity contribution in [3.8, 4) is 17.2 Å². The number of carbonyl (C=O) groups is 1. The number of carboxylic acids is 1. The van der Waals surface area contributed by atoms with E-state index < -0.39 is 5.97 Å². The van der Waals surface area contributed by atoms with Crippen molar-refractivity contribution >= 4 is 5.97 Å². The van der Waals surface area contributed by atoms with Gasteiger partial charge in [-0.3, -0.25) is 0 Å². The minimum absolute atomic E-state index is 0.0951. The van der Waals surface area contributed by atoms with Crippen LogP contribution >= 0.6 is 0 Å². The lowest BCUT2D eigenvalue weighted by molar-refractivity contribution is 0.0692. The average Bonchev–Trinajstić information content (AvgIpc) is 2.71. The van der Waals surface area contributed by atoms with Gasteiger partial charge in [-0.1, -0.05) is 6.92 Å². The molecular weight excluding hydrogens is 212 g/mol. The minimum atomic E-state index is -1.04. The molecule has 0 fully saturated rings. The van der Waals surface area contributed by atoms with E-state index in [4.69, 9.17) is 19.3 Å². The van der Waals surface area contributed by atoms with Crippen LogP contribution in [0, 0.1) is 0 Å². The largest absolute Gasteiger partial charge is 0.493 e. The second-order valence-electron chi connectivity index (χ2n) is 3.36. The Bertz CT molecular complexity index is 413. The van der Waals surface area contributed by atoms with Gasteiger partial charge in [-0.25, -0.2) is 4.79 Å². The number of aromatic carboxylic acids is 1. The van der Waals surface area contributed by atoms with Crippen LogP contribution in [0.3, 0.4) is 0 Å². The highest BCUT2D eigenvalue weighted by molar-refractivity contribution is 5.92. The Morgan fingerprint density at radius 2 is 2.12 bits per heavy atom. The smallest absolute Gasteiger partial charge is 0.339 e. The molecule has 2 rings (SSSR count). The monoisotopic (exact) mass is 224 g/mol. The van der Waals surface area contributed by atoms with Crippen molar-refractivity contribution in [2.75, 3.05) is 13.4 Å². The second kappa shape index (κ2) is 4.30. The van der Waals surface area contributed by atoms with Crippen molar-refractivity contribution < 1.29 is 24.1 Å². The van der Waals surface area contributed by atoms with E-state index >= 15 is 0 Å². The van der Waals surface area contributed by atoms with Crippen LogP contribution < -0.4 is 14.2 Å². The van der Waals surface area contributed by atoms with Crippen molar-refractivity contribution in [1.29, 1.82) is 0 Å². The first-order valence-electron chi connectivity index (χ1n) is 5.02. The molecule has 0 saturated carbocycles. The Hall–Kier alpha value is -1.91. The topological polar surface area (TPSA) is 65.0 Å². The molecule has 0 atom stereocenters. The predicted octanol–water partition coefficient (Wildman–Crippen LogP) is 1.90. The fraction of sp³-hybridized carbons (Fsp3) is 0.364. The van der Waals surface area contributed by atoms with Gasteiger partial charge in [0.15, 0.2) is 11.5 Å². The Labute approximate surface area is 92.5 Å². The molecule has 1 aliphatic heterocycles. The summed E-state index contributed by atoms with van der Waals surface area (Å²) < 4.78 is 15.6. The number of carboxylic acid groups (broad SMARTS) is 1. The first-order chi connectivity index (χ1) is 7.72. The van der Waals surface area contributed by atoms with E-state index in [1.807, 2.05) is 6.92 Å². The van der Waals surface area contributed by atoms with Crippen LogP contribution in [0.15, 0.2) is 12.1 Å². The van der Waals surface area contributed by atoms with E-state index in [1.165, 1.54) is 6.07 Å². The Balaban J connectivity index is 2.36. The summed E-state index contributed by atoms with van der Waals surface area (Å²) >= 11 is 0. The lowest BCUT2D eigenvalue weighted by atomic mass is 10.2. The van der Waals surface area contributed by atoms with Gasteiger partial charge in [0.1, 0.15) is 11.3 Å². The van der Waals surface area contributed by atoms with Gasteiger partial charge >= 0.3 is 5.97 Å². The van der Waals surface area contributed by atoms with Crippen LogP contribution in [0.4, 0.5) is 0 Å². The van der Waals surface area contributed by atoms with Crippen LogP contribution in [0.5, 0.6) is 17.2 Å². The number of hydrogen-bond donors (Lipinski definition) is 1. The Morgan fingerprint density at radius 1 is 1.44 bits per heavy atom. The maximum Gasteiger partial charge on any atom is 0.339 e. The number of rotatable bonds is 4. The van der Waals surface area contributed by atoms with Gasteiger partial charge in [0.2, 0.25) is 6.79 Å². The molecule has 1 N–H and O–H groups in total. The third-order valence-corrected chi connectivity index (χ3v) is 2.17. The van der Waals surface area contributed by atoms with Gasteiger partial charge < -0.3 is 19.3 Å². The minimum Gasteiger partial charge on any atom is -0.493 e. The summed E-state index contributed by atoms with van der Waals surface area (Å²) in [5, 5.41) is 9.02. The third kappa shape index (κ3) is 1.88. The van der Waals surface area contributed by atoms with Gasteiger partial charge in [-0.15, -0.1) is 0 Å². The highest BCUT2D eigenvalue weighted by atomic mass is 16.7. The molecule has 1 aromatic carbocycles. The maximum atomic E-state index is 11.0. The van der Waals surface area contributed by atoms with Crippen molar-refractivity contribution in [2.24, 2.45) is 0 Å². The molecule has 1 heterocycles. The summed E-state index contributed by atoms with van der Waals surface area (Å²) in [5.74, 6) is 0.250. The van der Waals surface area contributed by atoms with Gasteiger partial charge in [-0.2, -0.15) is 0 Å². The molecule has 0 amide bonds. The SMILES string of the molecule is CCCOc1cc2c(cc1C(=O)O)OCO2. The molecule has 5 nitrogen and oxygen atoms in total. The van der Waals surface area contributed by atoms with E-state index in [0.29, 0.717) is 23.9 Å². The van der Waals surface area contributed by atoms with Crippen molar-refractivity contribution in [3.63, 3.8) is 0 Å². The van der Waals surface area contributed by atoms with Crippen LogP contribution in [-0.4, -0.2) is 24.5 Å². The molecule has 0 spiro atoms. The van der Waals surface area contributed by atoms with Gasteiger partial charge in [-0.05, 0) is 6.42 Å². The summed E-state index contributed by atoms with van der Waals surface area (Å²) in [6.45, 7) is 2.54. The molecule has 16 heavy (non-hydrogen) atoms. The zero-order valence-corrected chi connectivity index (χ0v) is 8.86. The second-order valence-corrected chi connectivity index (χ2v) is 3.36. The molecule has 1 aliphatic rings. The van der Waals surface area contributed by atoms with E-state index in [9.17, 15) is 4.79 Å². The third-order valence-electron chi connectivity index (χ3n) is 2.17. The fourth-order valence-electron chi connectivity index (χ4n) is 1.42. The Kier molecular flexibility index (Phi) is 2.85. The fourth-order valence-corrected chi connectivity index (χ4v) is 1.42. The van der Waals surface area contributed by atoms with E-state index in [1.54, 1.807) is 6.07 Å². The molecule has 0 aliphatic carbocycles. The lowest BCUT2D eigenvalue weighted by Gasteiger charge is -2.08. The highest BCUT2D eigenvalue weighted by Gasteiger charge is 2.21. The number of fused-ring (bicyclic) bond motifs is 1. The number of hydrogen-bond acceptors (Lipinski definition) is 4. The number of benzene rings is 1. The van der Waals surface area contributed by atoms with Gasteiger partial charge in [0.05, 0.1) is 6.61 Å². The van der Waals surface area contributed by atoms with Gasteiger partial charge in [0.25, 0.3) is 0 Å². The van der Waals surface area contributed by atoms with E-state index in [0.717, 1.165) is 6.42 Å². The highest BCUT2D eigenvalue weighted by Crippen LogP contribution is 2.38. The standard InChI is InChI=1S/C11H12O5/c1-2-3-14-8-5-10-9(15-6-16-10)4-7(8)11(12)13/h4-5H,2-3,6H2,1H3,(H,12,13). The van der Waals surface area contributed by atoms with Crippen LogP contribution in [0.2, 0.25) is 0 Å². The molecular formula is C11H12O5. The first-order valence-corrected chi connectivity index (χ1v) is 5.02. The number of ether oxygens (including phenoxy) is 3. The molecule has 0 saturated heterocycles. The van der Waals surface area contributed by atoms with Gasteiger partial charge in [0, 0.05) is 12.1 Å². The van der Waals surface area contributed by atoms with E-state index in [-0.39, 0.29) is 12.4 Å². The summed E-state index contributed by atoms with van der Waals surface area (Å²) in [6, 6.07) is 2.98. The summed E-state index contributed by atoms with van der Waals surface area (Å²) in [5.41, 5.74) is 0.0951. The van der Waals surface area contributed by atoms with Crippen LogP contribution in [0.25, 0.3) is 0 Å². The molecule has 0 bridgehead atoms. The quantitative estimate of drug-likeness (QED) is 0.846. The molecule has 86 valence electrons. The molecule has 0 aromatic heterocycles. The summed E-state index contributed by atoms with van der Waals surface area (Å²) in [4.78, 5) is 11.0. The average molecular weight is 224 g/mol. The molecule has 5 heteroatoms. The maximum absolute atomic E-state index is 11.0. The summed E-state index contributed by atoms with van der Waals surface area (Å²) in [7, 11) is 0. The first kappa shape index (κ1) is 10.6. The van der Waals surface area contributed by atoms with Crippen LogP contribution in [0.1, 0.15) is 23.7 Å². The van der Waals surface area contributed by atoms with E-state index in [2.05, 4.69) is 0 Å². The van der Waals surface area contributed by atoms with Crippen LogP contribution in [-0.2, 0) is 0 Å². The molecule has 1 aromatic rings. The van der Waals surface area contributed by atoms with Crippen molar-refractivity contribution in [3.05, 3.63) is 17.7 Å². The molecule has 0 unspecified atom stereocenters. The predicted molar refractivity (Wildman–Crippen MR) is 55.3 cm³/mol. The normalized spacial score (nSPS) is 12.6. The molecule has 0 radical (unpaired) electrons. The zero-order chi connectivity index (χ0) is 11.5. The lowest BCUT2D eigenvalue weighted by Crippen LogP contribution is -2.03. The zero-order valence-electron chi connectivity index (χ0n) is 8.86.